The van der Waals surface area contributed by atoms with Crippen LogP contribution in [0, 0.1) is 0 Å². The van der Waals surface area contributed by atoms with Crippen molar-refractivity contribution >= 4 is 11.8 Å². The first-order valence-electron chi connectivity index (χ1n) is 7.75. The molecule has 26 heavy (non-hydrogen) atoms. The summed E-state index contributed by atoms with van der Waals surface area (Å²) in [7, 11) is 0. The van der Waals surface area contributed by atoms with E-state index in [9.17, 15) is 14.7 Å². The third kappa shape index (κ3) is 3.83. The van der Waals surface area contributed by atoms with Gasteiger partial charge in [0.25, 0.3) is 5.91 Å². The lowest BCUT2D eigenvalue weighted by atomic mass is 10.0. The number of aromatic amines is 1. The number of H-pyrrole nitrogens is 1. The topological polar surface area (TPSA) is 147 Å². The van der Waals surface area contributed by atoms with E-state index in [-0.39, 0.29) is 18.0 Å². The third-order valence-corrected chi connectivity index (χ3v) is 3.78. The van der Waals surface area contributed by atoms with Crippen LogP contribution in [0.15, 0.2) is 48.5 Å². The number of tetrazole rings is 1. The van der Waals surface area contributed by atoms with Crippen LogP contribution in [0.5, 0.6) is 5.75 Å². The standard InChI is InChI=1S/C17H16N6O3/c18-15(25)14(9-10-5-7-11(24)8-6-10)19-17(26)13-4-2-1-3-12(13)16-20-22-23-21-16/h1-8,14,24H,9H2,(H2,18,25)(H,19,26)(H,20,21,22,23). The van der Waals surface area contributed by atoms with Gasteiger partial charge in [0.05, 0.1) is 5.56 Å². The van der Waals surface area contributed by atoms with E-state index in [0.29, 0.717) is 11.1 Å². The summed E-state index contributed by atoms with van der Waals surface area (Å²) in [6.45, 7) is 0. The first-order valence-corrected chi connectivity index (χ1v) is 7.75. The van der Waals surface area contributed by atoms with Crippen LogP contribution in [0.4, 0.5) is 0 Å². The second-order valence-corrected chi connectivity index (χ2v) is 5.58. The van der Waals surface area contributed by atoms with E-state index >= 15 is 0 Å². The Balaban J connectivity index is 1.81. The molecule has 0 aliphatic rings. The molecule has 0 saturated carbocycles. The van der Waals surface area contributed by atoms with Gasteiger partial charge in [-0.2, -0.15) is 5.21 Å². The number of carbonyl (C=O) groups is 2. The van der Waals surface area contributed by atoms with Crippen molar-refractivity contribution < 1.29 is 14.7 Å². The number of nitrogens with two attached hydrogens (primary N) is 1. The molecule has 0 fully saturated rings. The molecule has 0 bridgehead atoms. The molecule has 1 atom stereocenters. The third-order valence-electron chi connectivity index (χ3n) is 3.78. The number of phenols is 1. The van der Waals surface area contributed by atoms with E-state index in [1.165, 1.54) is 12.1 Å². The number of phenolic OH excluding ortho intramolecular Hbond substituents is 1. The summed E-state index contributed by atoms with van der Waals surface area (Å²) >= 11 is 0. The largest absolute Gasteiger partial charge is 0.508 e. The summed E-state index contributed by atoms with van der Waals surface area (Å²) in [5.74, 6) is -0.760. The number of carbonyl (C=O) groups excluding carboxylic acids is 2. The van der Waals surface area contributed by atoms with Crippen molar-refractivity contribution in [3.8, 4) is 17.1 Å². The Labute approximate surface area is 148 Å². The Morgan fingerprint density at radius 3 is 2.54 bits per heavy atom. The van der Waals surface area contributed by atoms with Gasteiger partial charge in [-0.1, -0.05) is 30.3 Å². The number of nitrogens with one attached hydrogen (secondary N) is 2. The normalized spacial score (nSPS) is 11.7. The molecule has 9 heteroatoms. The predicted octanol–water partition coefficient (Wildman–Crippen LogP) is 0.399. The van der Waals surface area contributed by atoms with Crippen molar-refractivity contribution in [3.63, 3.8) is 0 Å². The van der Waals surface area contributed by atoms with Crippen molar-refractivity contribution in [3.05, 3.63) is 59.7 Å². The van der Waals surface area contributed by atoms with Crippen LogP contribution >= 0.6 is 0 Å². The van der Waals surface area contributed by atoms with E-state index in [2.05, 4.69) is 25.9 Å². The maximum atomic E-state index is 12.7. The van der Waals surface area contributed by atoms with Gasteiger partial charge in [-0.3, -0.25) is 9.59 Å². The molecule has 3 aromatic rings. The maximum absolute atomic E-state index is 12.7. The number of amides is 2. The smallest absolute Gasteiger partial charge is 0.252 e. The van der Waals surface area contributed by atoms with Gasteiger partial charge in [-0.25, -0.2) is 0 Å². The van der Waals surface area contributed by atoms with Gasteiger partial charge in [0.15, 0.2) is 0 Å². The molecule has 3 rings (SSSR count). The summed E-state index contributed by atoms with van der Waals surface area (Å²) < 4.78 is 0. The highest BCUT2D eigenvalue weighted by molar-refractivity contribution is 6.02. The number of aromatic hydroxyl groups is 1. The molecule has 1 heterocycles. The van der Waals surface area contributed by atoms with Crippen LogP contribution in [0.25, 0.3) is 11.4 Å². The van der Waals surface area contributed by atoms with E-state index < -0.39 is 17.9 Å². The Bertz CT molecular complexity index is 909. The average molecular weight is 352 g/mol. The fraction of sp³-hybridized carbons (Fsp3) is 0.118. The van der Waals surface area contributed by atoms with Crippen molar-refractivity contribution in [1.29, 1.82) is 0 Å². The fourth-order valence-corrected chi connectivity index (χ4v) is 2.48. The highest BCUT2D eigenvalue weighted by Crippen LogP contribution is 2.19. The van der Waals surface area contributed by atoms with Crippen molar-refractivity contribution in [2.75, 3.05) is 0 Å². The summed E-state index contributed by atoms with van der Waals surface area (Å²) in [5, 5.41) is 25.5. The number of hydrogen-bond acceptors (Lipinski definition) is 6. The minimum atomic E-state index is -0.912. The number of hydrogen-bond donors (Lipinski definition) is 4. The van der Waals surface area contributed by atoms with E-state index in [1.54, 1.807) is 36.4 Å². The Morgan fingerprint density at radius 2 is 1.88 bits per heavy atom. The summed E-state index contributed by atoms with van der Waals surface area (Å²) in [4.78, 5) is 24.4. The number of nitrogens with zero attached hydrogens (tertiary/aromatic N) is 3. The molecule has 9 nitrogen and oxygen atoms in total. The van der Waals surface area contributed by atoms with Crippen LogP contribution < -0.4 is 11.1 Å². The summed E-state index contributed by atoms with van der Waals surface area (Å²) in [6.07, 6.45) is 0.200. The minimum absolute atomic E-state index is 0.113. The second kappa shape index (κ2) is 7.43. The quantitative estimate of drug-likeness (QED) is 0.505. The highest BCUT2D eigenvalue weighted by Gasteiger charge is 2.22. The molecule has 2 amide bonds. The van der Waals surface area contributed by atoms with Gasteiger partial charge >= 0.3 is 0 Å². The number of aromatic nitrogens is 4. The monoisotopic (exact) mass is 352 g/mol. The Morgan fingerprint density at radius 1 is 1.15 bits per heavy atom. The number of primary amides is 1. The molecule has 132 valence electrons. The Kier molecular flexibility index (Phi) is 4.88. The first kappa shape index (κ1) is 17.1. The minimum Gasteiger partial charge on any atom is -0.508 e. The molecular formula is C17H16N6O3. The van der Waals surface area contributed by atoms with E-state index in [1.807, 2.05) is 0 Å². The molecule has 1 unspecified atom stereocenters. The van der Waals surface area contributed by atoms with Crippen LogP contribution in [0.1, 0.15) is 15.9 Å². The van der Waals surface area contributed by atoms with Crippen LogP contribution in [0.2, 0.25) is 0 Å². The maximum Gasteiger partial charge on any atom is 0.252 e. The lowest BCUT2D eigenvalue weighted by Crippen LogP contribution is -2.46. The van der Waals surface area contributed by atoms with Gasteiger partial charge in [0, 0.05) is 12.0 Å². The van der Waals surface area contributed by atoms with Crippen molar-refractivity contribution in [1.82, 2.24) is 25.9 Å². The van der Waals surface area contributed by atoms with Gasteiger partial charge in [0.1, 0.15) is 11.8 Å². The second-order valence-electron chi connectivity index (χ2n) is 5.58. The molecule has 0 spiro atoms. The highest BCUT2D eigenvalue weighted by atomic mass is 16.3. The molecule has 5 N–H and O–H groups in total. The average Bonchev–Trinajstić information content (AvgIpc) is 3.17. The lowest BCUT2D eigenvalue weighted by molar-refractivity contribution is -0.119. The fourth-order valence-electron chi connectivity index (χ4n) is 2.48. The molecule has 0 radical (unpaired) electrons. The number of benzene rings is 2. The molecule has 0 saturated heterocycles. The lowest BCUT2D eigenvalue weighted by Gasteiger charge is -2.16. The zero-order valence-electron chi connectivity index (χ0n) is 13.6. The molecule has 1 aromatic heterocycles. The molecule has 0 aliphatic carbocycles. The van der Waals surface area contributed by atoms with Crippen molar-refractivity contribution in [2.24, 2.45) is 5.73 Å². The number of rotatable bonds is 6. The summed E-state index contributed by atoms with van der Waals surface area (Å²) in [6, 6.07) is 12.1. The zero-order chi connectivity index (χ0) is 18.5. The summed E-state index contributed by atoms with van der Waals surface area (Å²) in [5.41, 5.74) is 6.95. The van der Waals surface area contributed by atoms with Crippen LogP contribution in [-0.2, 0) is 11.2 Å². The van der Waals surface area contributed by atoms with Crippen LogP contribution in [0.3, 0.4) is 0 Å². The zero-order valence-corrected chi connectivity index (χ0v) is 13.6. The van der Waals surface area contributed by atoms with Gasteiger partial charge in [-0.15, -0.1) is 10.2 Å². The first-order chi connectivity index (χ1) is 12.5. The van der Waals surface area contributed by atoms with E-state index in [0.717, 1.165) is 5.56 Å². The Hall–Kier alpha value is -3.75. The predicted molar refractivity (Wildman–Crippen MR) is 91.9 cm³/mol. The molecule has 2 aromatic carbocycles. The van der Waals surface area contributed by atoms with Gasteiger partial charge in [-0.05, 0) is 29.0 Å². The molecule has 0 aliphatic heterocycles. The molecular weight excluding hydrogens is 336 g/mol. The SMILES string of the molecule is NC(=O)C(Cc1ccc(O)cc1)NC(=O)c1ccccc1-c1nn[nH]n1. The van der Waals surface area contributed by atoms with Crippen LogP contribution in [-0.4, -0.2) is 43.6 Å². The van der Waals surface area contributed by atoms with Gasteiger partial charge in [0.2, 0.25) is 11.7 Å². The van der Waals surface area contributed by atoms with Gasteiger partial charge < -0.3 is 16.2 Å². The van der Waals surface area contributed by atoms with E-state index in [4.69, 9.17) is 5.73 Å². The van der Waals surface area contributed by atoms with Crippen molar-refractivity contribution in [2.45, 2.75) is 12.5 Å².